The van der Waals surface area contributed by atoms with Crippen LogP contribution in [0.1, 0.15) is 44.3 Å². The maximum Gasteiger partial charge on any atom is 0.326 e. The number of halogens is 1. The molecule has 204 valence electrons. The predicted octanol–water partition coefficient (Wildman–Crippen LogP) is 3.56. The summed E-state index contributed by atoms with van der Waals surface area (Å²) < 4.78 is 0. The van der Waals surface area contributed by atoms with Crippen LogP contribution in [0.25, 0.3) is 0 Å². The number of carbonyl (C=O) groups is 3. The normalized spacial score (nSPS) is 15.6. The molecule has 3 aromatic rings. The zero-order valence-electron chi connectivity index (χ0n) is 21.9. The molecule has 0 spiro atoms. The molecule has 1 aliphatic heterocycles. The molecule has 1 unspecified atom stereocenters. The average molecular weight is 551 g/mol. The summed E-state index contributed by atoms with van der Waals surface area (Å²) in [7, 11) is 1.71. The Morgan fingerprint density at radius 3 is 2.41 bits per heavy atom. The third-order valence-corrected chi connectivity index (χ3v) is 7.07. The predicted molar refractivity (Wildman–Crippen MR) is 150 cm³/mol. The number of aryl methyl sites for hydroxylation is 1. The van der Waals surface area contributed by atoms with E-state index in [4.69, 9.17) is 11.6 Å². The highest BCUT2D eigenvalue weighted by Crippen LogP contribution is 2.33. The van der Waals surface area contributed by atoms with E-state index in [1.165, 1.54) is 4.90 Å². The highest BCUT2D eigenvalue weighted by Gasteiger charge is 2.36. The number of carboxylic acids is 1. The lowest BCUT2D eigenvalue weighted by Gasteiger charge is -2.40. The van der Waals surface area contributed by atoms with E-state index in [0.29, 0.717) is 34.6 Å². The number of nitrogens with zero attached hydrogens (tertiary/aromatic N) is 2. The fourth-order valence-corrected chi connectivity index (χ4v) is 4.91. The van der Waals surface area contributed by atoms with Crippen LogP contribution >= 0.6 is 11.6 Å². The molecule has 0 saturated heterocycles. The van der Waals surface area contributed by atoms with Gasteiger partial charge in [0.2, 0.25) is 6.35 Å². The molecule has 9 nitrogen and oxygen atoms in total. The SMILES string of the molecule is CCNCc1ccc2c(c1)C(=O)N(c1ccc(C[C@H](NC(=O)c3c(C)cccc3Cl)C(=O)O)cc1)C(O)N2C. The summed E-state index contributed by atoms with van der Waals surface area (Å²) in [6.07, 6.45) is -1.21. The van der Waals surface area contributed by atoms with Crippen LogP contribution in [0.4, 0.5) is 11.4 Å². The second-order valence-corrected chi connectivity index (χ2v) is 9.84. The zero-order valence-corrected chi connectivity index (χ0v) is 22.7. The van der Waals surface area contributed by atoms with E-state index in [1.807, 2.05) is 25.1 Å². The Hall–Kier alpha value is -3.92. The van der Waals surface area contributed by atoms with E-state index in [9.17, 15) is 24.6 Å². The number of fused-ring (bicyclic) bond motifs is 1. The highest BCUT2D eigenvalue weighted by molar-refractivity contribution is 6.34. The van der Waals surface area contributed by atoms with E-state index in [0.717, 1.165) is 12.1 Å². The van der Waals surface area contributed by atoms with Gasteiger partial charge in [0.25, 0.3) is 11.8 Å². The molecule has 0 bridgehead atoms. The van der Waals surface area contributed by atoms with Crippen LogP contribution in [0.15, 0.2) is 60.7 Å². The van der Waals surface area contributed by atoms with Gasteiger partial charge in [-0.1, -0.05) is 48.9 Å². The quantitative estimate of drug-likeness (QED) is 0.321. The number of aliphatic carboxylic acids is 1. The van der Waals surface area contributed by atoms with Gasteiger partial charge in [-0.25, -0.2) is 4.79 Å². The lowest BCUT2D eigenvalue weighted by molar-refractivity contribution is -0.139. The number of amides is 2. The van der Waals surface area contributed by atoms with Gasteiger partial charge in [0.15, 0.2) is 0 Å². The van der Waals surface area contributed by atoms with E-state index >= 15 is 0 Å². The number of nitrogens with one attached hydrogen (secondary N) is 2. The molecule has 1 aliphatic rings. The van der Waals surface area contributed by atoms with Gasteiger partial charge >= 0.3 is 5.97 Å². The first-order chi connectivity index (χ1) is 18.6. The number of aliphatic hydroxyl groups is 1. The second-order valence-electron chi connectivity index (χ2n) is 9.43. The topological polar surface area (TPSA) is 122 Å². The number of benzene rings is 3. The Kier molecular flexibility index (Phi) is 8.54. The monoisotopic (exact) mass is 550 g/mol. The number of anilines is 2. The lowest BCUT2D eigenvalue weighted by atomic mass is 10.0. The van der Waals surface area contributed by atoms with Crippen molar-refractivity contribution in [3.8, 4) is 0 Å². The van der Waals surface area contributed by atoms with Crippen molar-refractivity contribution in [3.05, 3.63) is 93.5 Å². The van der Waals surface area contributed by atoms with Gasteiger partial charge in [-0.15, -0.1) is 0 Å². The summed E-state index contributed by atoms with van der Waals surface area (Å²) in [5, 5.41) is 26.7. The summed E-state index contributed by atoms with van der Waals surface area (Å²) >= 11 is 6.17. The molecule has 0 radical (unpaired) electrons. The van der Waals surface area contributed by atoms with E-state index in [2.05, 4.69) is 10.6 Å². The van der Waals surface area contributed by atoms with Crippen LogP contribution in [0.2, 0.25) is 5.02 Å². The summed E-state index contributed by atoms with van der Waals surface area (Å²) in [4.78, 5) is 41.1. The first-order valence-corrected chi connectivity index (χ1v) is 13.0. The van der Waals surface area contributed by atoms with Crippen LogP contribution in [0.5, 0.6) is 0 Å². The van der Waals surface area contributed by atoms with E-state index in [1.54, 1.807) is 61.3 Å². The number of hydrogen-bond donors (Lipinski definition) is 4. The minimum Gasteiger partial charge on any atom is -0.480 e. The van der Waals surface area contributed by atoms with Crippen molar-refractivity contribution < 1.29 is 24.6 Å². The van der Waals surface area contributed by atoms with Crippen molar-refractivity contribution in [2.45, 2.75) is 39.2 Å². The first kappa shape index (κ1) is 28.1. The highest BCUT2D eigenvalue weighted by atomic mass is 35.5. The first-order valence-electron chi connectivity index (χ1n) is 12.6. The summed E-state index contributed by atoms with van der Waals surface area (Å²) in [6.45, 7) is 5.15. The molecule has 0 saturated carbocycles. The van der Waals surface area contributed by atoms with Gasteiger partial charge in [0.05, 0.1) is 21.8 Å². The molecular formula is C29H31ClN4O5. The number of hydrogen-bond acceptors (Lipinski definition) is 6. The smallest absolute Gasteiger partial charge is 0.326 e. The molecule has 4 N–H and O–H groups in total. The summed E-state index contributed by atoms with van der Waals surface area (Å²) in [6, 6.07) is 16.0. The fourth-order valence-electron chi connectivity index (χ4n) is 4.60. The lowest BCUT2D eigenvalue weighted by Crippen LogP contribution is -2.54. The van der Waals surface area contributed by atoms with Crippen LogP contribution < -0.4 is 20.4 Å². The minimum absolute atomic E-state index is 0.0118. The molecule has 4 rings (SSSR count). The maximum atomic E-state index is 13.4. The molecule has 10 heteroatoms. The molecule has 0 aliphatic carbocycles. The summed E-state index contributed by atoms with van der Waals surface area (Å²) in [5.74, 6) is -2.10. The zero-order chi connectivity index (χ0) is 28.3. The Balaban J connectivity index is 1.53. The van der Waals surface area contributed by atoms with Gasteiger partial charge in [0, 0.05) is 25.7 Å². The van der Waals surface area contributed by atoms with Crippen LogP contribution in [0, 0.1) is 6.92 Å². The second kappa shape index (κ2) is 11.9. The van der Waals surface area contributed by atoms with Gasteiger partial charge in [-0.05, 0) is 60.5 Å². The minimum atomic E-state index is -1.22. The van der Waals surface area contributed by atoms with Crippen LogP contribution in [0.3, 0.4) is 0 Å². The van der Waals surface area contributed by atoms with Crippen LogP contribution in [-0.4, -0.2) is 54.0 Å². The number of rotatable bonds is 9. The molecular weight excluding hydrogens is 520 g/mol. The van der Waals surface area contributed by atoms with Gasteiger partial charge < -0.3 is 25.7 Å². The largest absolute Gasteiger partial charge is 0.480 e. The molecule has 3 aromatic carbocycles. The van der Waals surface area contributed by atoms with Crippen LogP contribution in [-0.2, 0) is 17.8 Å². The number of aliphatic hydroxyl groups excluding tert-OH is 1. The average Bonchev–Trinajstić information content (AvgIpc) is 2.91. The molecule has 2 atom stereocenters. The Labute approximate surface area is 232 Å². The van der Waals surface area contributed by atoms with Gasteiger partial charge in [0.1, 0.15) is 6.04 Å². The van der Waals surface area contributed by atoms with Crippen molar-refractivity contribution in [1.82, 2.24) is 10.6 Å². The van der Waals surface area contributed by atoms with Crippen molar-refractivity contribution in [2.75, 3.05) is 23.4 Å². The standard InChI is InChI=1S/C29H31ClN4O5/c1-4-31-16-19-10-13-24-21(14-19)27(36)34(29(39)33(24)3)20-11-8-18(9-12-20)15-23(28(37)38)32-26(35)25-17(2)6-5-7-22(25)30/h5-14,23,29,31,39H,4,15-16H2,1-3H3,(H,32,35)(H,37,38)/t23-,29?/m0/s1. The maximum absolute atomic E-state index is 13.4. The van der Waals surface area contributed by atoms with Crippen molar-refractivity contribution in [1.29, 1.82) is 0 Å². The molecule has 0 fully saturated rings. The van der Waals surface area contributed by atoms with Crippen molar-refractivity contribution in [3.63, 3.8) is 0 Å². The third-order valence-electron chi connectivity index (χ3n) is 6.75. The van der Waals surface area contributed by atoms with E-state index in [-0.39, 0.29) is 22.9 Å². The third kappa shape index (κ3) is 5.90. The Morgan fingerprint density at radius 1 is 1.08 bits per heavy atom. The number of carbonyl (C=O) groups excluding carboxylic acids is 2. The summed E-state index contributed by atoms with van der Waals surface area (Å²) in [5.41, 5.74) is 4.02. The van der Waals surface area contributed by atoms with Gasteiger partial charge in [-0.2, -0.15) is 0 Å². The molecule has 1 heterocycles. The van der Waals surface area contributed by atoms with Crippen molar-refractivity contribution >= 4 is 40.8 Å². The Bertz CT molecular complexity index is 1370. The molecule has 39 heavy (non-hydrogen) atoms. The molecule has 2 amide bonds. The number of carboxylic acid groups (broad SMARTS) is 1. The van der Waals surface area contributed by atoms with Crippen molar-refractivity contribution in [2.24, 2.45) is 0 Å². The Morgan fingerprint density at radius 2 is 1.77 bits per heavy atom. The molecule has 0 aromatic heterocycles. The van der Waals surface area contributed by atoms with Gasteiger partial charge in [-0.3, -0.25) is 14.5 Å². The van der Waals surface area contributed by atoms with E-state index < -0.39 is 24.3 Å². The fraction of sp³-hybridized carbons (Fsp3) is 0.276.